The van der Waals surface area contributed by atoms with E-state index in [-0.39, 0.29) is 23.1 Å². The van der Waals surface area contributed by atoms with Gasteiger partial charge in [0.15, 0.2) is 11.6 Å². The normalized spacial score (nSPS) is 29.3. The molecule has 42 heavy (non-hydrogen) atoms. The van der Waals surface area contributed by atoms with Gasteiger partial charge in [0.05, 0.1) is 12.0 Å². The van der Waals surface area contributed by atoms with E-state index in [9.17, 15) is 26.3 Å². The molecule has 3 saturated carbocycles. The van der Waals surface area contributed by atoms with Gasteiger partial charge in [0, 0.05) is 5.56 Å². The SMILES string of the molecule is CC1CCC(C(F)(F)OC2CCC(C3CCC(c4ccc(-c5ccc(OC(F)(F)F)c(F)c5)c(F)c4)CC3)CC2)CC1. The molecule has 0 radical (unpaired) electrons. The number of hydrogen-bond donors (Lipinski definition) is 0. The van der Waals surface area contributed by atoms with Crippen molar-refractivity contribution in [1.29, 1.82) is 0 Å². The predicted octanol–water partition coefficient (Wildman–Crippen LogP) is 10.8. The Morgan fingerprint density at radius 3 is 1.86 bits per heavy atom. The first kappa shape index (κ1) is 31.1. The maximum absolute atomic E-state index is 15.1. The molecule has 0 atom stereocenters. The van der Waals surface area contributed by atoms with E-state index in [0.29, 0.717) is 43.4 Å². The molecule has 2 aromatic rings. The van der Waals surface area contributed by atoms with E-state index >= 15 is 4.39 Å². The zero-order valence-corrected chi connectivity index (χ0v) is 23.9. The Morgan fingerprint density at radius 1 is 0.667 bits per heavy atom. The summed E-state index contributed by atoms with van der Waals surface area (Å²) in [5.41, 5.74) is 1.08. The Bertz CT molecular complexity index is 1190. The lowest BCUT2D eigenvalue weighted by Gasteiger charge is -2.40. The molecular formula is C33H39F7O2. The molecule has 3 aliphatic carbocycles. The van der Waals surface area contributed by atoms with Crippen LogP contribution in [0, 0.1) is 35.3 Å². The third kappa shape index (κ3) is 7.61. The molecule has 0 unspecified atom stereocenters. The summed E-state index contributed by atoms with van der Waals surface area (Å²) >= 11 is 0. The monoisotopic (exact) mass is 600 g/mol. The second kappa shape index (κ2) is 12.7. The van der Waals surface area contributed by atoms with Crippen molar-refractivity contribution in [2.75, 3.05) is 0 Å². The highest BCUT2D eigenvalue weighted by Gasteiger charge is 2.45. The molecule has 0 spiro atoms. The van der Waals surface area contributed by atoms with Gasteiger partial charge in [0.1, 0.15) is 5.82 Å². The number of alkyl halides is 5. The minimum atomic E-state index is -5.02. The Kier molecular flexibility index (Phi) is 9.45. The Balaban J connectivity index is 1.11. The summed E-state index contributed by atoms with van der Waals surface area (Å²) in [5, 5.41) is 0. The van der Waals surface area contributed by atoms with Crippen molar-refractivity contribution >= 4 is 0 Å². The average Bonchev–Trinajstić information content (AvgIpc) is 2.94. The molecular weight excluding hydrogens is 561 g/mol. The summed E-state index contributed by atoms with van der Waals surface area (Å²) in [7, 11) is 0. The fraction of sp³-hybridized carbons (Fsp3) is 0.636. The van der Waals surface area contributed by atoms with E-state index in [1.54, 1.807) is 12.1 Å². The van der Waals surface area contributed by atoms with Crippen LogP contribution in [0.3, 0.4) is 0 Å². The van der Waals surface area contributed by atoms with Gasteiger partial charge in [-0.15, -0.1) is 13.2 Å². The van der Waals surface area contributed by atoms with Crippen LogP contribution in [0.5, 0.6) is 5.75 Å². The smallest absolute Gasteiger partial charge is 0.403 e. The molecule has 0 heterocycles. The highest BCUT2D eigenvalue weighted by molar-refractivity contribution is 5.65. The first-order valence-corrected chi connectivity index (χ1v) is 15.3. The van der Waals surface area contributed by atoms with Crippen molar-refractivity contribution in [1.82, 2.24) is 0 Å². The molecule has 9 heteroatoms. The average molecular weight is 601 g/mol. The van der Waals surface area contributed by atoms with Crippen LogP contribution in [0.4, 0.5) is 30.7 Å². The van der Waals surface area contributed by atoms with E-state index in [1.807, 2.05) is 0 Å². The zero-order valence-electron chi connectivity index (χ0n) is 23.9. The molecule has 0 amide bonds. The lowest BCUT2D eigenvalue weighted by Crippen LogP contribution is -2.39. The van der Waals surface area contributed by atoms with Crippen molar-refractivity contribution in [2.24, 2.45) is 23.7 Å². The summed E-state index contributed by atoms with van der Waals surface area (Å²) in [6, 6.07) is 7.66. The number of hydrogen-bond acceptors (Lipinski definition) is 2. The third-order valence-corrected chi connectivity index (χ3v) is 9.91. The lowest BCUT2D eigenvalue weighted by atomic mass is 9.69. The van der Waals surface area contributed by atoms with Crippen molar-refractivity contribution in [3.63, 3.8) is 0 Å². The maximum Gasteiger partial charge on any atom is 0.573 e. The molecule has 3 fully saturated rings. The third-order valence-electron chi connectivity index (χ3n) is 9.91. The van der Waals surface area contributed by atoms with Gasteiger partial charge in [-0.2, -0.15) is 8.78 Å². The van der Waals surface area contributed by atoms with Crippen LogP contribution in [-0.4, -0.2) is 18.6 Å². The molecule has 0 N–H and O–H groups in total. The van der Waals surface area contributed by atoms with Crippen LogP contribution >= 0.6 is 0 Å². The van der Waals surface area contributed by atoms with Crippen LogP contribution in [0.25, 0.3) is 11.1 Å². The van der Waals surface area contributed by atoms with E-state index < -0.39 is 35.8 Å². The molecule has 5 rings (SSSR count). The largest absolute Gasteiger partial charge is 0.573 e. The number of halogens is 7. The van der Waals surface area contributed by atoms with Gasteiger partial charge in [-0.3, -0.25) is 0 Å². The summed E-state index contributed by atoms with van der Waals surface area (Å²) in [5.74, 6) is -1.70. The molecule has 0 bridgehead atoms. The van der Waals surface area contributed by atoms with Gasteiger partial charge in [0.2, 0.25) is 0 Å². The summed E-state index contributed by atoms with van der Waals surface area (Å²) in [6.45, 7) is 2.12. The van der Waals surface area contributed by atoms with Crippen LogP contribution in [-0.2, 0) is 4.74 Å². The van der Waals surface area contributed by atoms with Crippen LogP contribution in [0.1, 0.15) is 95.5 Å². The topological polar surface area (TPSA) is 18.5 Å². The van der Waals surface area contributed by atoms with Crippen molar-refractivity contribution in [3.8, 4) is 16.9 Å². The van der Waals surface area contributed by atoms with Crippen LogP contribution in [0.15, 0.2) is 36.4 Å². The van der Waals surface area contributed by atoms with E-state index in [4.69, 9.17) is 4.74 Å². The highest BCUT2D eigenvalue weighted by Crippen LogP contribution is 2.46. The van der Waals surface area contributed by atoms with E-state index in [1.165, 1.54) is 12.1 Å². The second-order valence-electron chi connectivity index (χ2n) is 12.7. The Morgan fingerprint density at radius 2 is 1.29 bits per heavy atom. The van der Waals surface area contributed by atoms with Gasteiger partial charge >= 0.3 is 12.5 Å². The van der Waals surface area contributed by atoms with Gasteiger partial charge in [0.25, 0.3) is 0 Å². The lowest BCUT2D eigenvalue weighted by molar-refractivity contribution is -0.302. The Hall–Kier alpha value is -2.29. The number of ether oxygens (including phenoxy) is 2. The Labute approximate surface area is 243 Å². The van der Waals surface area contributed by atoms with Gasteiger partial charge in [-0.25, -0.2) is 8.78 Å². The fourth-order valence-electron chi connectivity index (χ4n) is 7.41. The first-order chi connectivity index (χ1) is 19.9. The quantitative estimate of drug-likeness (QED) is 0.294. The standard InChI is InChI=1S/C33H39F7O2/c1-20-2-12-26(13-3-20)32(36,37)41-27-14-8-22(9-15-27)21-4-6-23(7-5-21)24-10-16-28(29(34)18-24)25-11-17-31(30(35)19-25)42-33(38,39)40/h10-11,16-23,26-27H,2-9,12-15H2,1H3. The second-order valence-corrected chi connectivity index (χ2v) is 12.7. The molecule has 232 valence electrons. The molecule has 2 aromatic carbocycles. The summed E-state index contributed by atoms with van der Waals surface area (Å²) < 4.78 is 105. The first-order valence-electron chi connectivity index (χ1n) is 15.3. The summed E-state index contributed by atoms with van der Waals surface area (Å²) in [6.07, 6.45) is 1.21. The number of benzene rings is 2. The van der Waals surface area contributed by atoms with Crippen molar-refractivity contribution in [2.45, 2.75) is 108 Å². The van der Waals surface area contributed by atoms with Crippen LogP contribution < -0.4 is 4.74 Å². The van der Waals surface area contributed by atoms with Crippen molar-refractivity contribution in [3.05, 3.63) is 53.6 Å². The summed E-state index contributed by atoms with van der Waals surface area (Å²) in [4.78, 5) is 0. The van der Waals surface area contributed by atoms with Crippen molar-refractivity contribution < 1.29 is 40.2 Å². The minimum Gasteiger partial charge on any atom is -0.403 e. The van der Waals surface area contributed by atoms with Gasteiger partial charge < -0.3 is 9.47 Å². The zero-order chi connectivity index (χ0) is 30.1. The highest BCUT2D eigenvalue weighted by atomic mass is 19.4. The molecule has 3 aliphatic rings. The fourth-order valence-corrected chi connectivity index (χ4v) is 7.41. The molecule has 2 nitrogen and oxygen atoms in total. The van der Waals surface area contributed by atoms with E-state index in [2.05, 4.69) is 11.7 Å². The van der Waals surface area contributed by atoms with Crippen LogP contribution in [0.2, 0.25) is 0 Å². The molecule has 0 aliphatic heterocycles. The van der Waals surface area contributed by atoms with Gasteiger partial charge in [-0.1, -0.05) is 38.0 Å². The number of rotatable bonds is 7. The predicted molar refractivity (Wildman–Crippen MR) is 146 cm³/mol. The maximum atomic E-state index is 15.1. The van der Waals surface area contributed by atoms with E-state index in [0.717, 1.165) is 69.1 Å². The van der Waals surface area contributed by atoms with Gasteiger partial charge in [-0.05, 0) is 117 Å². The molecule has 0 saturated heterocycles. The minimum absolute atomic E-state index is 0.104. The molecule has 0 aromatic heterocycles.